The van der Waals surface area contributed by atoms with Crippen LogP contribution in [0.15, 0.2) is 83.8 Å². The van der Waals surface area contributed by atoms with Crippen molar-refractivity contribution in [2.24, 2.45) is 0 Å². The predicted octanol–water partition coefficient (Wildman–Crippen LogP) is 4.84. The number of nitrogens with zero attached hydrogens (tertiary/aromatic N) is 2. The Hall–Kier alpha value is -3.83. The van der Waals surface area contributed by atoms with E-state index in [2.05, 4.69) is 11.4 Å². The summed E-state index contributed by atoms with van der Waals surface area (Å²) in [4.78, 5) is 12.9. The second kappa shape index (κ2) is 11.2. The van der Waals surface area contributed by atoms with Crippen LogP contribution in [0.1, 0.15) is 30.1 Å². The molecule has 0 unspecified atom stereocenters. The highest BCUT2D eigenvalue weighted by molar-refractivity contribution is 7.92. The van der Waals surface area contributed by atoms with Crippen molar-refractivity contribution >= 4 is 27.3 Å². The van der Waals surface area contributed by atoms with Crippen LogP contribution in [0.25, 0.3) is 0 Å². The number of nitriles is 1. The second-order valence-electron chi connectivity index (χ2n) is 7.13. The molecule has 33 heavy (non-hydrogen) atoms. The summed E-state index contributed by atoms with van der Waals surface area (Å²) in [6.07, 6.45) is 1.03. The maximum absolute atomic E-state index is 13.2. The smallest absolute Gasteiger partial charge is 0.264 e. The molecule has 0 bridgehead atoms. The van der Waals surface area contributed by atoms with Gasteiger partial charge in [-0.05, 0) is 55.8 Å². The molecule has 0 aliphatic rings. The summed E-state index contributed by atoms with van der Waals surface area (Å²) in [5, 5.41) is 11.4. The van der Waals surface area contributed by atoms with Crippen LogP contribution in [-0.4, -0.2) is 27.5 Å². The van der Waals surface area contributed by atoms with Gasteiger partial charge < -0.3 is 10.1 Å². The number of anilines is 2. The maximum Gasteiger partial charge on any atom is 0.264 e. The fraction of sp³-hybridized carbons (Fsp3) is 0.200. The molecule has 0 heterocycles. The molecular formula is C25H25N3O4S. The quantitative estimate of drug-likeness (QED) is 0.434. The van der Waals surface area contributed by atoms with E-state index in [1.54, 1.807) is 67.6 Å². The van der Waals surface area contributed by atoms with Gasteiger partial charge in [-0.25, -0.2) is 8.42 Å². The number of carbonyl (C=O) groups is 1. The van der Waals surface area contributed by atoms with E-state index >= 15 is 0 Å². The number of rotatable bonds is 10. The lowest BCUT2D eigenvalue weighted by Crippen LogP contribution is -2.30. The number of para-hydroxylation sites is 1. The molecule has 7 nitrogen and oxygen atoms in total. The van der Waals surface area contributed by atoms with Crippen molar-refractivity contribution in [3.05, 3.63) is 84.4 Å². The Morgan fingerprint density at radius 2 is 1.79 bits per heavy atom. The summed E-state index contributed by atoms with van der Waals surface area (Å²) >= 11 is 0. The molecular weight excluding hydrogens is 438 g/mol. The maximum atomic E-state index is 13.2. The zero-order chi connectivity index (χ0) is 23.7. The summed E-state index contributed by atoms with van der Waals surface area (Å²) < 4.78 is 33.4. The van der Waals surface area contributed by atoms with Crippen LogP contribution >= 0.6 is 0 Å². The molecule has 0 radical (unpaired) electrons. The van der Waals surface area contributed by atoms with E-state index in [1.807, 2.05) is 6.07 Å². The van der Waals surface area contributed by atoms with Gasteiger partial charge in [0, 0.05) is 30.3 Å². The Labute approximate surface area is 194 Å². The van der Waals surface area contributed by atoms with Crippen LogP contribution in [-0.2, 0) is 10.0 Å². The number of carbonyl (C=O) groups excluding carboxylic acids is 1. The van der Waals surface area contributed by atoms with Gasteiger partial charge in [-0.3, -0.25) is 9.10 Å². The Kier molecular flexibility index (Phi) is 8.06. The molecule has 1 amide bonds. The van der Waals surface area contributed by atoms with Gasteiger partial charge in [0.25, 0.3) is 15.9 Å². The van der Waals surface area contributed by atoms with Gasteiger partial charge in [-0.15, -0.1) is 0 Å². The molecule has 0 fully saturated rings. The Morgan fingerprint density at radius 3 is 2.52 bits per heavy atom. The average Bonchev–Trinajstić information content (AvgIpc) is 2.83. The molecule has 0 saturated carbocycles. The monoisotopic (exact) mass is 463 g/mol. The van der Waals surface area contributed by atoms with E-state index in [9.17, 15) is 13.2 Å². The van der Waals surface area contributed by atoms with Gasteiger partial charge in [0.1, 0.15) is 5.75 Å². The van der Waals surface area contributed by atoms with Gasteiger partial charge in [-0.2, -0.15) is 5.26 Å². The van der Waals surface area contributed by atoms with E-state index in [4.69, 9.17) is 10.00 Å². The first-order chi connectivity index (χ1) is 16.0. The SMILES string of the molecule is CCN(c1ccccc1)S(=O)(=O)c1cccc(C(=O)Nc2cccc(OCCCC#N)c2)c1. The van der Waals surface area contributed by atoms with E-state index in [0.29, 0.717) is 36.6 Å². The normalized spacial score (nSPS) is 10.8. The number of sulfonamides is 1. The molecule has 0 aromatic heterocycles. The predicted molar refractivity (Wildman–Crippen MR) is 128 cm³/mol. The van der Waals surface area contributed by atoms with Crippen molar-refractivity contribution < 1.29 is 17.9 Å². The average molecular weight is 464 g/mol. The highest BCUT2D eigenvalue weighted by atomic mass is 32.2. The topological polar surface area (TPSA) is 99.5 Å². The first-order valence-corrected chi connectivity index (χ1v) is 12.0. The lowest BCUT2D eigenvalue weighted by Gasteiger charge is -2.23. The minimum absolute atomic E-state index is 0.0374. The van der Waals surface area contributed by atoms with Crippen LogP contribution in [0, 0.1) is 11.3 Å². The number of amides is 1. The summed E-state index contributed by atoms with van der Waals surface area (Å²) in [5.41, 5.74) is 1.30. The fourth-order valence-electron chi connectivity index (χ4n) is 3.22. The molecule has 0 aliphatic carbocycles. The molecule has 8 heteroatoms. The molecule has 170 valence electrons. The van der Waals surface area contributed by atoms with Gasteiger partial charge in [0.2, 0.25) is 0 Å². The minimum Gasteiger partial charge on any atom is -0.493 e. The molecule has 0 aliphatic heterocycles. The molecule has 0 spiro atoms. The molecule has 3 aromatic rings. The highest BCUT2D eigenvalue weighted by Gasteiger charge is 2.24. The van der Waals surface area contributed by atoms with E-state index in [1.165, 1.54) is 16.4 Å². The lowest BCUT2D eigenvalue weighted by molar-refractivity contribution is 0.102. The summed E-state index contributed by atoms with van der Waals surface area (Å²) in [6, 6.07) is 23.8. The Bertz CT molecular complexity index is 1240. The van der Waals surface area contributed by atoms with Gasteiger partial charge in [-0.1, -0.05) is 30.3 Å². The summed E-state index contributed by atoms with van der Waals surface area (Å²) in [5.74, 6) is 0.139. The number of nitrogens with one attached hydrogen (secondary N) is 1. The molecule has 1 N–H and O–H groups in total. The largest absolute Gasteiger partial charge is 0.493 e. The Morgan fingerprint density at radius 1 is 1.03 bits per heavy atom. The van der Waals surface area contributed by atoms with Crippen LogP contribution in [0.4, 0.5) is 11.4 Å². The summed E-state index contributed by atoms with van der Waals surface area (Å²) in [6.45, 7) is 2.42. The third-order valence-corrected chi connectivity index (χ3v) is 6.71. The van der Waals surface area contributed by atoms with Crippen molar-refractivity contribution in [1.82, 2.24) is 0 Å². The van der Waals surface area contributed by atoms with Gasteiger partial charge in [0.15, 0.2) is 0 Å². The van der Waals surface area contributed by atoms with Gasteiger partial charge >= 0.3 is 0 Å². The summed E-state index contributed by atoms with van der Waals surface area (Å²) in [7, 11) is -3.84. The number of benzene rings is 3. The number of ether oxygens (including phenoxy) is 1. The zero-order valence-corrected chi connectivity index (χ0v) is 19.1. The minimum atomic E-state index is -3.84. The van der Waals surface area contributed by atoms with Crippen LogP contribution in [0.2, 0.25) is 0 Å². The van der Waals surface area contributed by atoms with Crippen LogP contribution in [0.3, 0.4) is 0 Å². The zero-order valence-electron chi connectivity index (χ0n) is 18.3. The standard InChI is InChI=1S/C25H25N3O4S/c1-2-28(22-12-4-3-5-13-22)33(30,31)24-15-8-10-20(18-24)25(29)27-21-11-9-14-23(19-21)32-17-7-6-16-26/h3-5,8-15,18-19H,2,6-7,17H2,1H3,(H,27,29). The fourth-order valence-corrected chi connectivity index (χ4v) is 4.74. The Balaban J connectivity index is 1.77. The number of hydrogen-bond donors (Lipinski definition) is 1. The van der Waals surface area contributed by atoms with Crippen molar-refractivity contribution in [3.8, 4) is 11.8 Å². The van der Waals surface area contributed by atoms with Gasteiger partial charge in [0.05, 0.1) is 23.3 Å². The first kappa shape index (κ1) is 23.8. The van der Waals surface area contributed by atoms with E-state index in [0.717, 1.165) is 0 Å². The third kappa shape index (κ3) is 6.11. The highest BCUT2D eigenvalue weighted by Crippen LogP contribution is 2.24. The molecule has 3 aromatic carbocycles. The number of unbranched alkanes of at least 4 members (excludes halogenated alkanes) is 1. The molecule has 3 rings (SSSR count). The van der Waals surface area contributed by atoms with Crippen molar-refractivity contribution in [2.45, 2.75) is 24.7 Å². The first-order valence-electron chi connectivity index (χ1n) is 10.5. The van der Waals surface area contributed by atoms with Crippen molar-refractivity contribution in [1.29, 1.82) is 5.26 Å². The number of hydrogen-bond acceptors (Lipinski definition) is 5. The van der Waals surface area contributed by atoms with Crippen molar-refractivity contribution in [3.63, 3.8) is 0 Å². The third-order valence-electron chi connectivity index (χ3n) is 4.81. The van der Waals surface area contributed by atoms with Crippen LogP contribution < -0.4 is 14.4 Å². The molecule has 0 atom stereocenters. The second-order valence-corrected chi connectivity index (χ2v) is 8.99. The lowest BCUT2D eigenvalue weighted by atomic mass is 10.2. The van der Waals surface area contributed by atoms with E-state index in [-0.39, 0.29) is 17.0 Å². The van der Waals surface area contributed by atoms with E-state index < -0.39 is 15.9 Å². The van der Waals surface area contributed by atoms with Crippen molar-refractivity contribution in [2.75, 3.05) is 22.8 Å². The molecule has 0 saturated heterocycles. The van der Waals surface area contributed by atoms with Crippen LogP contribution in [0.5, 0.6) is 5.75 Å².